The zero-order valence-corrected chi connectivity index (χ0v) is 17.5. The average Bonchev–Trinajstić information content (AvgIpc) is 2.77. The first kappa shape index (κ1) is 23.1. The molecule has 0 spiro atoms. The van der Waals surface area contributed by atoms with Crippen LogP contribution < -0.4 is 9.64 Å². The Morgan fingerprint density at radius 2 is 2.00 bits per heavy atom. The number of ether oxygens (including phenoxy) is 1. The maximum Gasteiger partial charge on any atom is 0.120 e. The molecule has 3 rings (SSSR count). The highest BCUT2D eigenvalue weighted by Gasteiger charge is 2.14. The predicted molar refractivity (Wildman–Crippen MR) is 122 cm³/mol. The fourth-order valence-corrected chi connectivity index (χ4v) is 2.91. The van der Waals surface area contributed by atoms with Gasteiger partial charge < -0.3 is 9.64 Å². The summed E-state index contributed by atoms with van der Waals surface area (Å²) < 4.78 is 5.59. The number of aliphatic imine (C=N–C) groups is 1. The van der Waals surface area contributed by atoms with Gasteiger partial charge in [0.2, 0.25) is 0 Å². The van der Waals surface area contributed by atoms with Crippen LogP contribution in [0.1, 0.15) is 11.1 Å². The first-order chi connectivity index (χ1) is 12.2. The van der Waals surface area contributed by atoms with Gasteiger partial charge in [0, 0.05) is 29.9 Å². The summed E-state index contributed by atoms with van der Waals surface area (Å²) in [6.45, 7) is 5.80. The van der Waals surface area contributed by atoms with Gasteiger partial charge in [0.25, 0.3) is 0 Å². The Labute approximate surface area is 178 Å². The van der Waals surface area contributed by atoms with Crippen molar-refractivity contribution in [2.24, 2.45) is 4.99 Å². The van der Waals surface area contributed by atoms with Gasteiger partial charge in [-0.25, -0.2) is 0 Å². The molecule has 0 aliphatic carbocycles. The molecule has 0 saturated heterocycles. The molecule has 0 aromatic heterocycles. The monoisotopic (exact) mass is 424 g/mol. The number of anilines is 1. The smallest absolute Gasteiger partial charge is 0.120 e. The highest BCUT2D eigenvalue weighted by atomic mass is 35.5. The highest BCUT2D eigenvalue weighted by Crippen LogP contribution is 2.27. The van der Waals surface area contributed by atoms with E-state index < -0.39 is 0 Å². The number of halogens is 3. The van der Waals surface area contributed by atoms with E-state index in [9.17, 15) is 0 Å². The van der Waals surface area contributed by atoms with Crippen molar-refractivity contribution in [3.05, 3.63) is 77.3 Å². The lowest BCUT2D eigenvalue weighted by molar-refractivity contribution is 0.363. The van der Waals surface area contributed by atoms with E-state index in [1.807, 2.05) is 42.5 Å². The van der Waals surface area contributed by atoms with Crippen LogP contribution in [0.25, 0.3) is 6.08 Å². The Bertz CT molecular complexity index is 834. The maximum absolute atomic E-state index is 6.17. The van der Waals surface area contributed by atoms with E-state index in [4.69, 9.17) is 21.3 Å². The molecule has 1 heterocycles. The van der Waals surface area contributed by atoms with E-state index in [0.29, 0.717) is 6.61 Å². The molecule has 2 aromatic rings. The van der Waals surface area contributed by atoms with Gasteiger partial charge in [0.1, 0.15) is 12.4 Å². The quantitative estimate of drug-likeness (QED) is 0.574. The van der Waals surface area contributed by atoms with Crippen molar-refractivity contribution in [3.8, 4) is 5.75 Å². The lowest BCUT2D eigenvalue weighted by Crippen LogP contribution is -2.20. The minimum Gasteiger partial charge on any atom is -0.490 e. The summed E-state index contributed by atoms with van der Waals surface area (Å²) in [7, 11) is 2.07. The molecule has 0 fully saturated rings. The molecule has 3 nitrogen and oxygen atoms in total. The normalized spacial score (nSPS) is 13.0. The molecular weight excluding hydrogens is 403 g/mol. The number of allylic oxidation sites excluding steroid dienone is 1. The Kier molecular flexibility index (Phi) is 9.44. The lowest BCUT2D eigenvalue weighted by atomic mass is 10.1. The molecule has 0 N–H and O–H groups in total. The van der Waals surface area contributed by atoms with Gasteiger partial charge in [-0.1, -0.05) is 42.5 Å². The van der Waals surface area contributed by atoms with Gasteiger partial charge in [0.05, 0.1) is 12.3 Å². The molecule has 0 atom stereocenters. The van der Waals surface area contributed by atoms with Crippen molar-refractivity contribution in [1.29, 1.82) is 0 Å². The van der Waals surface area contributed by atoms with Gasteiger partial charge in [-0.05, 0) is 42.0 Å². The Hall–Kier alpha value is -1.94. The molecule has 6 heteroatoms. The third kappa shape index (κ3) is 6.03. The predicted octanol–water partition coefficient (Wildman–Crippen LogP) is 5.70. The number of fused-ring (bicyclic) bond motifs is 1. The van der Waals surface area contributed by atoms with Crippen LogP contribution in [0.4, 0.5) is 5.69 Å². The third-order valence-corrected chi connectivity index (χ3v) is 4.26. The van der Waals surface area contributed by atoms with Gasteiger partial charge in [-0.3, -0.25) is 4.99 Å². The number of rotatable bonds is 5. The number of hydrogen-bond donors (Lipinski definition) is 0. The molecular formula is C21H23Cl3N2O. The zero-order chi connectivity index (χ0) is 17.6. The first-order valence-corrected chi connectivity index (χ1v) is 8.62. The van der Waals surface area contributed by atoms with Crippen LogP contribution in [0.3, 0.4) is 0 Å². The van der Waals surface area contributed by atoms with Crippen molar-refractivity contribution in [2.75, 3.05) is 31.6 Å². The van der Waals surface area contributed by atoms with Crippen LogP contribution in [-0.4, -0.2) is 32.5 Å². The summed E-state index contributed by atoms with van der Waals surface area (Å²) in [6, 6.07) is 13.9. The number of nitrogens with zero attached hydrogens (tertiary/aromatic N) is 2. The molecule has 0 unspecified atom stereocenters. The fraction of sp³-hybridized carbons (Fsp3) is 0.190. The minimum absolute atomic E-state index is 0. The molecule has 0 bridgehead atoms. The maximum atomic E-state index is 6.17. The third-order valence-electron chi connectivity index (χ3n) is 4.02. The molecule has 1 aliphatic rings. The van der Waals surface area contributed by atoms with Crippen LogP contribution in [0.5, 0.6) is 5.75 Å². The molecule has 27 heavy (non-hydrogen) atoms. The van der Waals surface area contributed by atoms with Crippen LogP contribution in [0.15, 0.2) is 66.2 Å². The number of likely N-dealkylation sites (N-methyl/N-ethyl adjacent to an activating group) is 1. The van der Waals surface area contributed by atoms with Gasteiger partial charge in [-0.15, -0.1) is 24.8 Å². The summed E-state index contributed by atoms with van der Waals surface area (Å²) in [6.07, 6.45) is 5.85. The van der Waals surface area contributed by atoms with Crippen LogP contribution in [0, 0.1) is 0 Å². The molecule has 0 radical (unpaired) electrons. The Morgan fingerprint density at radius 1 is 1.19 bits per heavy atom. The van der Waals surface area contributed by atoms with Crippen molar-refractivity contribution < 1.29 is 4.74 Å². The molecule has 144 valence electrons. The minimum atomic E-state index is 0. The lowest BCUT2D eigenvalue weighted by Gasteiger charge is -2.19. The highest BCUT2D eigenvalue weighted by molar-refractivity contribution is 6.31. The van der Waals surface area contributed by atoms with E-state index in [1.54, 1.807) is 6.08 Å². The first-order valence-electron chi connectivity index (χ1n) is 8.25. The SMILES string of the molecule is C=CCOc1cccc(/C=C/C2=NCCN(C)c3cc(Cl)ccc32)c1.Cl.Cl. The summed E-state index contributed by atoms with van der Waals surface area (Å²) in [5, 5.41) is 0.739. The molecule has 2 aromatic carbocycles. The summed E-state index contributed by atoms with van der Waals surface area (Å²) in [4.78, 5) is 6.92. The Balaban J connectivity index is 0.00000182. The van der Waals surface area contributed by atoms with Crippen molar-refractivity contribution in [1.82, 2.24) is 0 Å². The largest absolute Gasteiger partial charge is 0.490 e. The van der Waals surface area contributed by atoms with E-state index >= 15 is 0 Å². The fourth-order valence-electron chi connectivity index (χ4n) is 2.74. The van der Waals surface area contributed by atoms with E-state index in [0.717, 1.165) is 46.4 Å². The van der Waals surface area contributed by atoms with E-state index in [2.05, 4.69) is 30.7 Å². The van der Waals surface area contributed by atoms with Crippen molar-refractivity contribution >= 4 is 53.9 Å². The number of benzodiazepines with no additional fused rings is 1. The van der Waals surface area contributed by atoms with Crippen LogP contribution in [-0.2, 0) is 0 Å². The second kappa shape index (κ2) is 11.0. The Morgan fingerprint density at radius 3 is 2.78 bits per heavy atom. The number of benzene rings is 2. The number of hydrogen-bond acceptors (Lipinski definition) is 3. The van der Waals surface area contributed by atoms with Crippen molar-refractivity contribution in [2.45, 2.75) is 0 Å². The summed E-state index contributed by atoms with van der Waals surface area (Å²) >= 11 is 6.17. The van der Waals surface area contributed by atoms with Gasteiger partial charge >= 0.3 is 0 Å². The summed E-state index contributed by atoms with van der Waals surface area (Å²) in [5.41, 5.74) is 4.24. The summed E-state index contributed by atoms with van der Waals surface area (Å²) in [5.74, 6) is 0.830. The van der Waals surface area contributed by atoms with Crippen LogP contribution >= 0.6 is 36.4 Å². The van der Waals surface area contributed by atoms with Gasteiger partial charge in [-0.2, -0.15) is 0 Å². The molecule has 1 aliphatic heterocycles. The topological polar surface area (TPSA) is 24.8 Å². The van der Waals surface area contributed by atoms with E-state index in [-0.39, 0.29) is 24.8 Å². The van der Waals surface area contributed by atoms with E-state index in [1.165, 1.54) is 0 Å². The van der Waals surface area contributed by atoms with Gasteiger partial charge in [0.15, 0.2) is 0 Å². The van der Waals surface area contributed by atoms with Crippen molar-refractivity contribution in [3.63, 3.8) is 0 Å². The van der Waals surface area contributed by atoms with Crippen LogP contribution in [0.2, 0.25) is 5.02 Å². The second-order valence-corrected chi connectivity index (χ2v) is 6.29. The molecule has 0 saturated carbocycles. The average molecular weight is 426 g/mol. The second-order valence-electron chi connectivity index (χ2n) is 5.86. The standard InChI is InChI=1S/C21H21ClN2O.2ClH/c1-3-13-25-18-6-4-5-16(14-18)7-10-20-19-9-8-17(22)15-21(19)24(2)12-11-23-20;;/h3-10,14-15H,1,11-13H2,2H3;2*1H/b10-7+;;. The molecule has 0 amide bonds. The zero-order valence-electron chi connectivity index (χ0n) is 15.1.